The van der Waals surface area contributed by atoms with E-state index < -0.39 is 0 Å². The van der Waals surface area contributed by atoms with Crippen LogP contribution in [0.2, 0.25) is 0 Å². The summed E-state index contributed by atoms with van der Waals surface area (Å²) in [5, 5.41) is 14.0. The van der Waals surface area contributed by atoms with E-state index in [0.29, 0.717) is 34.6 Å². The number of rotatable bonds is 6. The average Bonchev–Trinajstić information content (AvgIpc) is 3.33. The number of fused-ring (bicyclic) bond motifs is 3. The monoisotopic (exact) mass is 398 g/mol. The van der Waals surface area contributed by atoms with Crippen molar-refractivity contribution in [2.45, 2.75) is 57.0 Å². The maximum absolute atomic E-state index is 12.9. The molecule has 3 heterocycles. The Labute approximate surface area is 166 Å². The van der Waals surface area contributed by atoms with E-state index in [1.54, 1.807) is 4.57 Å². The van der Waals surface area contributed by atoms with Gasteiger partial charge >= 0.3 is 0 Å². The lowest BCUT2D eigenvalue weighted by Gasteiger charge is -2.11. The molecule has 0 spiro atoms. The minimum Gasteiger partial charge on any atom is -0.338 e. The molecule has 0 radical (unpaired) electrons. The highest BCUT2D eigenvalue weighted by Crippen LogP contribution is 2.34. The minimum atomic E-state index is -0.0993. The highest BCUT2D eigenvalue weighted by Gasteiger charge is 2.22. The Balaban J connectivity index is 1.82. The molecule has 1 aromatic carbocycles. The summed E-state index contributed by atoms with van der Waals surface area (Å²) in [6.07, 6.45) is 0.833. The first-order valence-corrected chi connectivity index (χ1v) is 10.3. The van der Waals surface area contributed by atoms with Crippen LogP contribution in [-0.4, -0.2) is 29.3 Å². The lowest BCUT2D eigenvalue weighted by atomic mass is 10.2. The van der Waals surface area contributed by atoms with Gasteiger partial charge in [-0.15, -0.1) is 10.2 Å². The summed E-state index contributed by atoms with van der Waals surface area (Å²) in [6.45, 7) is 8.67. The summed E-state index contributed by atoms with van der Waals surface area (Å²) in [5.41, 5.74) is 0.753. The third-order valence-corrected chi connectivity index (χ3v) is 5.56. The van der Waals surface area contributed by atoms with E-state index in [2.05, 4.69) is 20.3 Å². The van der Waals surface area contributed by atoms with Crippen LogP contribution in [0.3, 0.4) is 0 Å². The number of para-hydroxylation sites is 1. The number of thioether (sulfide) groups is 1. The first-order valence-electron chi connectivity index (χ1n) is 9.38. The largest absolute Gasteiger partial charge is 0.338 e. The van der Waals surface area contributed by atoms with Gasteiger partial charge < -0.3 is 4.52 Å². The fourth-order valence-electron chi connectivity index (χ4n) is 3.09. The quantitative estimate of drug-likeness (QED) is 0.456. The smallest absolute Gasteiger partial charge is 0.262 e. The number of aromatic nitrogens is 6. The molecule has 0 aliphatic rings. The molecule has 8 nitrogen and oxygen atoms in total. The van der Waals surface area contributed by atoms with Gasteiger partial charge in [0.15, 0.2) is 11.0 Å². The summed E-state index contributed by atoms with van der Waals surface area (Å²) in [5.74, 6) is 2.00. The van der Waals surface area contributed by atoms with Gasteiger partial charge in [0, 0.05) is 12.5 Å². The van der Waals surface area contributed by atoms with Gasteiger partial charge in [-0.2, -0.15) is 4.98 Å². The summed E-state index contributed by atoms with van der Waals surface area (Å²) in [7, 11) is 0. The summed E-state index contributed by atoms with van der Waals surface area (Å²) in [4.78, 5) is 17.4. The van der Waals surface area contributed by atoms with Gasteiger partial charge in [0.25, 0.3) is 5.56 Å². The molecular formula is C19H22N6O2S. The molecule has 3 aromatic heterocycles. The van der Waals surface area contributed by atoms with Gasteiger partial charge in [0.1, 0.15) is 0 Å². The highest BCUT2D eigenvalue weighted by molar-refractivity contribution is 7.99. The van der Waals surface area contributed by atoms with E-state index in [1.807, 2.05) is 56.4 Å². The average molecular weight is 398 g/mol. The molecule has 0 bridgehead atoms. The molecule has 28 heavy (non-hydrogen) atoms. The zero-order valence-electron chi connectivity index (χ0n) is 16.3. The molecule has 1 atom stereocenters. The third kappa shape index (κ3) is 3.09. The van der Waals surface area contributed by atoms with Crippen LogP contribution in [0.15, 0.2) is 38.7 Å². The summed E-state index contributed by atoms with van der Waals surface area (Å²) >= 11 is 1.48. The lowest BCUT2D eigenvalue weighted by Crippen LogP contribution is -2.23. The molecule has 0 amide bonds. The molecule has 0 saturated carbocycles. The number of benzene rings is 1. The van der Waals surface area contributed by atoms with Crippen molar-refractivity contribution in [1.82, 2.24) is 29.3 Å². The van der Waals surface area contributed by atoms with E-state index in [9.17, 15) is 4.79 Å². The number of nitrogens with zero attached hydrogens (tertiary/aromatic N) is 6. The van der Waals surface area contributed by atoms with E-state index in [1.165, 1.54) is 11.8 Å². The minimum absolute atomic E-state index is 0.0413. The van der Waals surface area contributed by atoms with Gasteiger partial charge in [-0.3, -0.25) is 13.8 Å². The highest BCUT2D eigenvalue weighted by atomic mass is 32.2. The van der Waals surface area contributed by atoms with Crippen LogP contribution < -0.4 is 5.56 Å². The molecule has 4 aromatic rings. The third-order valence-electron chi connectivity index (χ3n) is 4.53. The Morgan fingerprint density at radius 2 is 1.96 bits per heavy atom. The van der Waals surface area contributed by atoms with Crippen LogP contribution in [0.1, 0.15) is 57.0 Å². The molecule has 0 fully saturated rings. The second-order valence-electron chi connectivity index (χ2n) is 7.00. The molecule has 0 saturated heterocycles. The van der Waals surface area contributed by atoms with Crippen molar-refractivity contribution in [3.63, 3.8) is 0 Å². The zero-order valence-corrected chi connectivity index (χ0v) is 17.1. The van der Waals surface area contributed by atoms with Crippen LogP contribution in [0.4, 0.5) is 0 Å². The van der Waals surface area contributed by atoms with Gasteiger partial charge in [-0.25, -0.2) is 0 Å². The lowest BCUT2D eigenvalue weighted by molar-refractivity contribution is 0.373. The van der Waals surface area contributed by atoms with Crippen LogP contribution in [-0.2, 0) is 6.54 Å². The molecule has 1 unspecified atom stereocenters. The second-order valence-corrected chi connectivity index (χ2v) is 8.31. The molecule has 9 heteroatoms. The van der Waals surface area contributed by atoms with Crippen molar-refractivity contribution < 1.29 is 4.52 Å². The Morgan fingerprint density at radius 3 is 2.68 bits per heavy atom. The molecule has 0 aliphatic heterocycles. The predicted octanol–water partition coefficient (Wildman–Crippen LogP) is 3.81. The van der Waals surface area contributed by atoms with Crippen molar-refractivity contribution in [2.24, 2.45) is 0 Å². The Kier molecular flexibility index (Phi) is 4.92. The summed E-state index contributed by atoms with van der Waals surface area (Å²) in [6, 6.07) is 7.55. The standard InChI is InChI=1S/C19H22N6O2S/c1-5-10-24-17(26)13-8-6-7-9-14(13)25-18(24)21-22-19(25)28-12(4)16-20-15(11(2)3)23-27-16/h6-9,11-12H,5,10H2,1-4H3. The number of aryl methyl sites for hydroxylation is 1. The van der Waals surface area contributed by atoms with Crippen LogP contribution in [0, 0.1) is 0 Å². The SMILES string of the molecule is CCCn1c(=O)c2ccccc2n2c(SC(C)c3nc(C(C)C)no3)nnc12. The maximum atomic E-state index is 12.9. The van der Waals surface area contributed by atoms with E-state index >= 15 is 0 Å². The predicted molar refractivity (Wildman–Crippen MR) is 108 cm³/mol. The topological polar surface area (TPSA) is 91.1 Å². The van der Waals surface area contributed by atoms with Crippen molar-refractivity contribution in [2.75, 3.05) is 0 Å². The number of hydrogen-bond donors (Lipinski definition) is 0. The zero-order chi connectivity index (χ0) is 19.8. The maximum Gasteiger partial charge on any atom is 0.262 e. The van der Waals surface area contributed by atoms with Crippen LogP contribution >= 0.6 is 11.8 Å². The molecule has 4 rings (SSSR count). The molecule has 0 aliphatic carbocycles. The molecular weight excluding hydrogens is 376 g/mol. The molecule has 0 N–H and O–H groups in total. The Hall–Kier alpha value is -2.68. The van der Waals surface area contributed by atoms with Crippen molar-refractivity contribution in [3.8, 4) is 0 Å². The second kappa shape index (κ2) is 7.38. The number of hydrogen-bond acceptors (Lipinski definition) is 7. The van der Waals surface area contributed by atoms with Gasteiger partial charge in [0.05, 0.1) is 16.2 Å². The van der Waals surface area contributed by atoms with E-state index in [0.717, 1.165) is 11.9 Å². The fraction of sp³-hybridized carbons (Fsp3) is 0.421. The van der Waals surface area contributed by atoms with E-state index in [-0.39, 0.29) is 16.7 Å². The van der Waals surface area contributed by atoms with Crippen LogP contribution in [0.5, 0.6) is 0 Å². The van der Waals surface area contributed by atoms with Crippen molar-refractivity contribution >= 4 is 28.4 Å². The normalized spacial score (nSPS) is 13.0. The Bertz CT molecular complexity index is 1190. The molecule has 146 valence electrons. The van der Waals surface area contributed by atoms with Gasteiger partial charge in [-0.05, 0) is 25.5 Å². The van der Waals surface area contributed by atoms with Crippen molar-refractivity contribution in [3.05, 3.63) is 46.3 Å². The first-order chi connectivity index (χ1) is 13.5. The van der Waals surface area contributed by atoms with Gasteiger partial charge in [-0.1, -0.05) is 49.8 Å². The first kappa shape index (κ1) is 18.7. The van der Waals surface area contributed by atoms with E-state index in [4.69, 9.17) is 4.52 Å². The van der Waals surface area contributed by atoms with Gasteiger partial charge in [0.2, 0.25) is 11.7 Å². The van der Waals surface area contributed by atoms with Crippen LogP contribution in [0.25, 0.3) is 16.7 Å². The fourth-order valence-corrected chi connectivity index (χ4v) is 3.98. The van der Waals surface area contributed by atoms with Crippen molar-refractivity contribution in [1.29, 1.82) is 0 Å². The summed E-state index contributed by atoms with van der Waals surface area (Å²) < 4.78 is 9.05. The Morgan fingerprint density at radius 1 is 1.18 bits per heavy atom.